The zero-order chi connectivity index (χ0) is 10.0. The van der Waals surface area contributed by atoms with Crippen molar-refractivity contribution in [3.05, 3.63) is 15.7 Å². The van der Waals surface area contributed by atoms with Crippen LogP contribution in [0.5, 0.6) is 0 Å². The number of nitriles is 2. The number of hydrogen-bond donors (Lipinski definition) is 2. The largest absolute Gasteiger partial charge is 0.396 e. The summed E-state index contributed by atoms with van der Waals surface area (Å²) >= 11 is 3.02. The molecule has 0 aliphatic rings. The van der Waals surface area contributed by atoms with E-state index in [4.69, 9.17) is 22.0 Å². The van der Waals surface area contributed by atoms with Gasteiger partial charge in [0.2, 0.25) is 0 Å². The Morgan fingerprint density at radius 3 is 2.15 bits per heavy atom. The Balaban J connectivity index is 3.63. The lowest BCUT2D eigenvalue weighted by Crippen LogP contribution is -2.03. The summed E-state index contributed by atoms with van der Waals surface area (Å²) in [6.07, 6.45) is 0. The van der Waals surface area contributed by atoms with Gasteiger partial charge in [-0.05, 0) is 15.9 Å². The van der Waals surface area contributed by atoms with Crippen LogP contribution in [-0.4, -0.2) is 4.98 Å². The molecule has 13 heavy (non-hydrogen) atoms. The van der Waals surface area contributed by atoms with Crippen LogP contribution < -0.4 is 11.5 Å². The quantitative estimate of drug-likeness (QED) is 0.647. The first-order valence-electron chi connectivity index (χ1n) is 3.16. The molecule has 1 rings (SSSR count). The number of nitrogen functional groups attached to an aromatic ring is 2. The molecular formula is C7H4BrN5. The minimum Gasteiger partial charge on any atom is -0.396 e. The van der Waals surface area contributed by atoms with Crippen molar-refractivity contribution in [2.24, 2.45) is 0 Å². The lowest BCUT2D eigenvalue weighted by atomic mass is 10.1. The van der Waals surface area contributed by atoms with Gasteiger partial charge in [-0.15, -0.1) is 0 Å². The third-order valence-electron chi connectivity index (χ3n) is 1.44. The van der Waals surface area contributed by atoms with E-state index in [2.05, 4.69) is 20.9 Å². The molecule has 0 radical (unpaired) electrons. The lowest BCUT2D eigenvalue weighted by Gasteiger charge is -2.04. The second kappa shape index (κ2) is 3.30. The second-order valence-corrected chi connectivity index (χ2v) is 2.93. The molecule has 0 aromatic carbocycles. The lowest BCUT2D eigenvalue weighted by molar-refractivity contribution is 1.25. The zero-order valence-corrected chi connectivity index (χ0v) is 7.96. The molecule has 6 heteroatoms. The molecule has 0 atom stereocenters. The molecule has 1 aromatic rings. The smallest absolute Gasteiger partial charge is 0.144 e. The summed E-state index contributed by atoms with van der Waals surface area (Å²) in [4.78, 5) is 3.75. The van der Waals surface area contributed by atoms with Crippen molar-refractivity contribution in [1.29, 1.82) is 10.5 Å². The van der Waals surface area contributed by atoms with E-state index >= 15 is 0 Å². The molecule has 4 N–H and O–H groups in total. The van der Waals surface area contributed by atoms with Crippen LogP contribution in [-0.2, 0) is 0 Å². The van der Waals surface area contributed by atoms with Crippen molar-refractivity contribution in [3.8, 4) is 12.1 Å². The molecule has 64 valence electrons. The standard InChI is InChI=1S/C7H4BrN5/c8-6-3(1-9)5(11)4(2-10)7(12)13-6/h(H4,11,12,13). The van der Waals surface area contributed by atoms with Crippen LogP contribution >= 0.6 is 15.9 Å². The third kappa shape index (κ3) is 1.40. The van der Waals surface area contributed by atoms with Crippen molar-refractivity contribution in [3.63, 3.8) is 0 Å². The van der Waals surface area contributed by atoms with Gasteiger partial charge in [-0.1, -0.05) is 0 Å². The van der Waals surface area contributed by atoms with Gasteiger partial charge in [-0.2, -0.15) is 10.5 Å². The number of nitrogens with two attached hydrogens (primary N) is 2. The molecule has 0 spiro atoms. The van der Waals surface area contributed by atoms with Gasteiger partial charge in [-0.3, -0.25) is 0 Å². The van der Waals surface area contributed by atoms with Gasteiger partial charge in [0.25, 0.3) is 0 Å². The highest BCUT2D eigenvalue weighted by atomic mass is 79.9. The van der Waals surface area contributed by atoms with Crippen molar-refractivity contribution >= 4 is 27.4 Å². The second-order valence-electron chi connectivity index (χ2n) is 2.18. The van der Waals surface area contributed by atoms with Gasteiger partial charge < -0.3 is 11.5 Å². The summed E-state index contributed by atoms with van der Waals surface area (Å²) in [5.74, 6) is 0.0193. The molecule has 1 heterocycles. The SMILES string of the molecule is N#Cc1c(N)nc(Br)c(C#N)c1N. The highest BCUT2D eigenvalue weighted by molar-refractivity contribution is 9.10. The first kappa shape index (κ1) is 9.30. The van der Waals surface area contributed by atoms with Gasteiger partial charge in [0, 0.05) is 0 Å². The van der Waals surface area contributed by atoms with Crippen LogP contribution in [0.3, 0.4) is 0 Å². The minimum absolute atomic E-state index is 0.0193. The van der Waals surface area contributed by atoms with Crippen molar-refractivity contribution in [2.75, 3.05) is 11.5 Å². The minimum atomic E-state index is 0.0193. The zero-order valence-electron chi connectivity index (χ0n) is 6.37. The number of anilines is 2. The topological polar surface area (TPSA) is 113 Å². The van der Waals surface area contributed by atoms with Crippen LogP contribution in [0.1, 0.15) is 11.1 Å². The van der Waals surface area contributed by atoms with E-state index < -0.39 is 0 Å². The molecule has 0 unspecified atom stereocenters. The van der Waals surface area contributed by atoms with Crippen LogP contribution in [0.25, 0.3) is 0 Å². The van der Waals surface area contributed by atoms with Gasteiger partial charge in [0.1, 0.15) is 33.7 Å². The van der Waals surface area contributed by atoms with E-state index in [1.54, 1.807) is 6.07 Å². The first-order chi connectivity index (χ1) is 6.11. The van der Waals surface area contributed by atoms with Crippen LogP contribution in [0.4, 0.5) is 11.5 Å². The molecule has 0 amide bonds. The molecule has 0 aliphatic carbocycles. The van der Waals surface area contributed by atoms with E-state index in [0.717, 1.165) is 0 Å². The fourth-order valence-corrected chi connectivity index (χ4v) is 1.31. The van der Waals surface area contributed by atoms with E-state index in [-0.39, 0.29) is 27.2 Å². The predicted molar refractivity (Wildman–Crippen MR) is 50.2 cm³/mol. The number of nitrogens with zero attached hydrogens (tertiary/aromatic N) is 3. The van der Waals surface area contributed by atoms with Gasteiger partial charge in [0.15, 0.2) is 0 Å². The fourth-order valence-electron chi connectivity index (χ4n) is 0.816. The van der Waals surface area contributed by atoms with Crippen LogP contribution in [0, 0.1) is 22.7 Å². The Bertz CT molecular complexity index is 401. The number of hydrogen-bond acceptors (Lipinski definition) is 5. The molecule has 0 saturated carbocycles. The summed E-state index contributed by atoms with van der Waals surface area (Å²) in [5, 5.41) is 17.3. The maximum Gasteiger partial charge on any atom is 0.144 e. The van der Waals surface area contributed by atoms with Crippen molar-refractivity contribution in [2.45, 2.75) is 0 Å². The molecule has 0 saturated heterocycles. The Labute approximate surface area is 82.7 Å². The van der Waals surface area contributed by atoms with Gasteiger partial charge in [0.05, 0.1) is 5.69 Å². The van der Waals surface area contributed by atoms with Crippen LogP contribution in [0.2, 0.25) is 0 Å². The molecule has 0 aliphatic heterocycles. The first-order valence-corrected chi connectivity index (χ1v) is 3.95. The Morgan fingerprint density at radius 2 is 1.69 bits per heavy atom. The average molecular weight is 238 g/mol. The summed E-state index contributed by atoms with van der Waals surface area (Å²) in [6.45, 7) is 0. The van der Waals surface area contributed by atoms with Crippen molar-refractivity contribution in [1.82, 2.24) is 4.98 Å². The number of aromatic nitrogens is 1. The summed E-state index contributed by atoms with van der Waals surface area (Å²) in [5.41, 5.74) is 11.1. The summed E-state index contributed by atoms with van der Waals surface area (Å²) in [7, 11) is 0. The third-order valence-corrected chi connectivity index (χ3v) is 2.02. The maximum atomic E-state index is 8.66. The van der Waals surface area contributed by atoms with Gasteiger partial charge in [-0.25, -0.2) is 4.98 Å². The molecule has 0 bridgehead atoms. The fraction of sp³-hybridized carbons (Fsp3) is 0. The highest BCUT2D eigenvalue weighted by Gasteiger charge is 2.13. The van der Waals surface area contributed by atoms with E-state index in [0.29, 0.717) is 0 Å². The van der Waals surface area contributed by atoms with Crippen molar-refractivity contribution < 1.29 is 0 Å². The normalized spacial score (nSPS) is 8.85. The van der Waals surface area contributed by atoms with Crippen LogP contribution in [0.15, 0.2) is 4.60 Å². The van der Waals surface area contributed by atoms with E-state index in [1.165, 1.54) is 0 Å². The highest BCUT2D eigenvalue weighted by Crippen LogP contribution is 2.26. The monoisotopic (exact) mass is 237 g/mol. The summed E-state index contributed by atoms with van der Waals surface area (Å²) < 4.78 is 0.254. The summed E-state index contributed by atoms with van der Waals surface area (Å²) in [6, 6.07) is 3.61. The Hall–Kier alpha value is -1.79. The number of rotatable bonds is 0. The number of halogens is 1. The molecule has 5 nitrogen and oxygen atoms in total. The van der Waals surface area contributed by atoms with E-state index in [9.17, 15) is 0 Å². The molecular weight excluding hydrogens is 234 g/mol. The van der Waals surface area contributed by atoms with E-state index in [1.807, 2.05) is 6.07 Å². The van der Waals surface area contributed by atoms with Gasteiger partial charge >= 0.3 is 0 Å². The Morgan fingerprint density at radius 1 is 1.15 bits per heavy atom. The molecule has 1 aromatic heterocycles. The Kier molecular flexibility index (Phi) is 2.36. The number of pyridine rings is 1. The predicted octanol–water partition coefficient (Wildman–Crippen LogP) is 0.752. The average Bonchev–Trinajstić information content (AvgIpc) is 2.04. The maximum absolute atomic E-state index is 8.66. The molecule has 0 fully saturated rings.